The molecule has 2 fully saturated rings. The zero-order valence-electron chi connectivity index (χ0n) is 12.5. The summed E-state index contributed by atoms with van der Waals surface area (Å²) in [7, 11) is 0. The van der Waals surface area contributed by atoms with Gasteiger partial charge in [-0.05, 0) is 49.7 Å². The second kappa shape index (κ2) is 7.02. The number of rotatable bonds is 4. The van der Waals surface area contributed by atoms with Crippen LogP contribution in [0.5, 0.6) is 0 Å². The molecule has 2 unspecified atom stereocenters. The first-order chi connectivity index (χ1) is 10.2. The lowest BCUT2D eigenvalue weighted by Gasteiger charge is -2.33. The standard InChI is InChI=1S/C18H24BrClO/c19-13-14(16-6-2-3-7-17(16)20)12-15-8-11-18(21-15)9-4-1-5-10-18/h2-3,6-7,14-15H,1,4-5,8-13H2. The van der Waals surface area contributed by atoms with E-state index in [2.05, 4.69) is 28.1 Å². The molecular formula is C18H24BrClO. The van der Waals surface area contributed by atoms with Gasteiger partial charge in [-0.25, -0.2) is 0 Å². The average Bonchev–Trinajstić information content (AvgIpc) is 2.89. The summed E-state index contributed by atoms with van der Waals surface area (Å²) in [5.41, 5.74) is 1.48. The maximum atomic E-state index is 6.52. The maximum Gasteiger partial charge on any atom is 0.0687 e. The van der Waals surface area contributed by atoms with Crippen LogP contribution in [0, 0.1) is 0 Å². The lowest BCUT2D eigenvalue weighted by Crippen LogP contribution is -2.32. The van der Waals surface area contributed by atoms with Crippen molar-refractivity contribution < 1.29 is 4.74 Å². The van der Waals surface area contributed by atoms with E-state index in [9.17, 15) is 0 Å². The quantitative estimate of drug-likeness (QED) is 0.582. The van der Waals surface area contributed by atoms with Gasteiger partial charge in [-0.15, -0.1) is 0 Å². The van der Waals surface area contributed by atoms with E-state index >= 15 is 0 Å². The molecule has 0 radical (unpaired) electrons. The molecule has 1 aromatic carbocycles. The van der Waals surface area contributed by atoms with E-state index in [1.165, 1.54) is 50.5 Å². The Bertz CT molecular complexity index is 470. The Hall–Kier alpha value is -0.0500. The first-order valence-corrected chi connectivity index (χ1v) is 9.71. The SMILES string of the molecule is Clc1ccccc1C(CBr)CC1CCC2(CCCCC2)O1. The van der Waals surface area contributed by atoms with Crippen LogP contribution in [-0.2, 0) is 4.74 Å². The van der Waals surface area contributed by atoms with Crippen LogP contribution in [0.3, 0.4) is 0 Å². The summed E-state index contributed by atoms with van der Waals surface area (Å²) in [6.07, 6.45) is 10.6. The highest BCUT2D eigenvalue weighted by Crippen LogP contribution is 2.44. The molecule has 2 aliphatic rings. The van der Waals surface area contributed by atoms with Crippen molar-refractivity contribution in [3.8, 4) is 0 Å². The van der Waals surface area contributed by atoms with Gasteiger partial charge in [0.25, 0.3) is 0 Å². The van der Waals surface area contributed by atoms with Crippen LogP contribution < -0.4 is 0 Å². The molecular weight excluding hydrogens is 348 g/mol. The highest BCUT2D eigenvalue weighted by molar-refractivity contribution is 9.09. The topological polar surface area (TPSA) is 9.23 Å². The zero-order chi connectivity index (χ0) is 14.7. The normalized spacial score (nSPS) is 26.1. The van der Waals surface area contributed by atoms with Crippen molar-refractivity contribution in [1.29, 1.82) is 0 Å². The third-order valence-electron chi connectivity index (χ3n) is 5.18. The molecule has 21 heavy (non-hydrogen) atoms. The van der Waals surface area contributed by atoms with Gasteiger partial charge in [0.15, 0.2) is 0 Å². The van der Waals surface area contributed by atoms with Crippen molar-refractivity contribution in [3.63, 3.8) is 0 Å². The van der Waals surface area contributed by atoms with Crippen molar-refractivity contribution in [2.75, 3.05) is 5.33 Å². The van der Waals surface area contributed by atoms with Crippen LogP contribution in [0.15, 0.2) is 24.3 Å². The Morgan fingerprint density at radius 3 is 2.67 bits per heavy atom. The van der Waals surface area contributed by atoms with Gasteiger partial charge in [-0.2, -0.15) is 0 Å². The van der Waals surface area contributed by atoms with Crippen LogP contribution in [0.25, 0.3) is 0 Å². The first-order valence-electron chi connectivity index (χ1n) is 8.21. The Morgan fingerprint density at radius 1 is 1.19 bits per heavy atom. The zero-order valence-corrected chi connectivity index (χ0v) is 14.8. The molecule has 0 aromatic heterocycles. The van der Waals surface area contributed by atoms with Crippen LogP contribution >= 0.6 is 27.5 Å². The second-order valence-corrected chi connectivity index (χ2v) is 7.69. The second-order valence-electron chi connectivity index (χ2n) is 6.63. The molecule has 1 nitrogen and oxygen atoms in total. The van der Waals surface area contributed by atoms with Crippen molar-refractivity contribution in [2.45, 2.75) is 69.0 Å². The fourth-order valence-corrected chi connectivity index (χ4v) is 4.93. The summed E-state index contributed by atoms with van der Waals surface area (Å²) in [5.74, 6) is 0.447. The third-order valence-corrected chi connectivity index (χ3v) is 6.31. The number of benzene rings is 1. The van der Waals surface area contributed by atoms with E-state index in [1.807, 2.05) is 12.1 Å². The average molecular weight is 372 g/mol. The number of hydrogen-bond acceptors (Lipinski definition) is 1. The van der Waals surface area contributed by atoms with Gasteiger partial charge in [-0.1, -0.05) is 65.0 Å². The van der Waals surface area contributed by atoms with Gasteiger partial charge >= 0.3 is 0 Å². The monoisotopic (exact) mass is 370 g/mol. The summed E-state index contributed by atoms with van der Waals surface area (Å²) < 4.78 is 6.52. The minimum atomic E-state index is 0.222. The van der Waals surface area contributed by atoms with Gasteiger partial charge in [-0.3, -0.25) is 0 Å². The van der Waals surface area contributed by atoms with Gasteiger partial charge in [0.2, 0.25) is 0 Å². The van der Waals surface area contributed by atoms with E-state index in [4.69, 9.17) is 16.3 Å². The van der Waals surface area contributed by atoms with E-state index in [0.29, 0.717) is 12.0 Å². The number of hydrogen-bond donors (Lipinski definition) is 0. The number of halogens is 2. The molecule has 1 saturated carbocycles. The van der Waals surface area contributed by atoms with Crippen molar-refractivity contribution in [3.05, 3.63) is 34.9 Å². The van der Waals surface area contributed by atoms with Crippen molar-refractivity contribution in [1.82, 2.24) is 0 Å². The third kappa shape index (κ3) is 3.65. The highest BCUT2D eigenvalue weighted by Gasteiger charge is 2.41. The Balaban J connectivity index is 1.64. The summed E-state index contributed by atoms with van der Waals surface area (Å²) in [4.78, 5) is 0. The molecule has 0 amide bonds. The van der Waals surface area contributed by atoms with E-state index < -0.39 is 0 Å². The lowest BCUT2D eigenvalue weighted by molar-refractivity contribution is -0.0668. The summed E-state index contributed by atoms with van der Waals surface area (Å²) in [5, 5.41) is 1.83. The van der Waals surface area contributed by atoms with E-state index in [1.54, 1.807) is 0 Å². The fourth-order valence-electron chi connectivity index (χ4n) is 4.02. The minimum absolute atomic E-state index is 0.222. The van der Waals surface area contributed by atoms with Crippen LogP contribution in [0.2, 0.25) is 5.02 Å². The molecule has 116 valence electrons. The number of ether oxygens (including phenoxy) is 1. The molecule has 1 aromatic rings. The largest absolute Gasteiger partial charge is 0.372 e. The van der Waals surface area contributed by atoms with Gasteiger partial charge in [0, 0.05) is 10.4 Å². The first kappa shape index (κ1) is 15.8. The molecule has 1 heterocycles. The molecule has 2 atom stereocenters. The van der Waals surface area contributed by atoms with Crippen LogP contribution in [0.4, 0.5) is 0 Å². The van der Waals surface area contributed by atoms with Crippen LogP contribution in [-0.4, -0.2) is 17.0 Å². The number of alkyl halides is 1. The minimum Gasteiger partial charge on any atom is -0.372 e. The fraction of sp³-hybridized carbons (Fsp3) is 0.667. The molecule has 1 aliphatic heterocycles. The molecule has 1 spiro atoms. The molecule has 3 rings (SSSR count). The van der Waals surface area contributed by atoms with Crippen molar-refractivity contribution >= 4 is 27.5 Å². The van der Waals surface area contributed by atoms with E-state index in [0.717, 1.165) is 16.8 Å². The summed E-state index contributed by atoms with van der Waals surface area (Å²) >= 11 is 10.0. The lowest BCUT2D eigenvalue weighted by atomic mass is 9.83. The van der Waals surface area contributed by atoms with Crippen molar-refractivity contribution in [2.24, 2.45) is 0 Å². The smallest absolute Gasteiger partial charge is 0.0687 e. The van der Waals surface area contributed by atoms with Crippen LogP contribution in [0.1, 0.15) is 62.8 Å². The molecule has 1 aliphatic carbocycles. The predicted octanol–water partition coefficient (Wildman–Crippen LogP) is 6.09. The summed E-state index contributed by atoms with van der Waals surface area (Å²) in [6, 6.07) is 8.22. The van der Waals surface area contributed by atoms with Gasteiger partial charge in [0.05, 0.1) is 11.7 Å². The van der Waals surface area contributed by atoms with E-state index in [-0.39, 0.29) is 5.60 Å². The Kier molecular flexibility index (Phi) is 5.29. The highest BCUT2D eigenvalue weighted by atomic mass is 79.9. The van der Waals surface area contributed by atoms with Gasteiger partial charge < -0.3 is 4.74 Å². The van der Waals surface area contributed by atoms with Gasteiger partial charge in [0.1, 0.15) is 0 Å². The Labute approximate surface area is 141 Å². The molecule has 0 bridgehead atoms. The summed E-state index contributed by atoms with van der Waals surface area (Å²) in [6.45, 7) is 0. The molecule has 0 N–H and O–H groups in total. The molecule has 1 saturated heterocycles. The predicted molar refractivity (Wildman–Crippen MR) is 92.5 cm³/mol. The maximum absolute atomic E-state index is 6.52. The molecule has 3 heteroatoms. The Morgan fingerprint density at radius 2 is 1.95 bits per heavy atom.